The van der Waals surface area contributed by atoms with Crippen LogP contribution in [0.25, 0.3) is 0 Å². The molecule has 0 amide bonds. The third-order valence-electron chi connectivity index (χ3n) is 3.45. The third-order valence-corrected chi connectivity index (χ3v) is 3.45. The van der Waals surface area contributed by atoms with Crippen molar-refractivity contribution in [1.82, 2.24) is 0 Å². The second-order valence-corrected chi connectivity index (χ2v) is 5.55. The normalized spacial score (nSPS) is 20.3. The third kappa shape index (κ3) is 4.19. The number of ether oxygens (including phenoxy) is 4. The van der Waals surface area contributed by atoms with Crippen molar-refractivity contribution in [2.24, 2.45) is 0 Å². The Bertz CT molecular complexity index is 509. The zero-order valence-corrected chi connectivity index (χ0v) is 13.0. The molecule has 0 saturated carbocycles. The molecule has 5 heteroatoms. The molecule has 1 heterocycles. The van der Waals surface area contributed by atoms with E-state index in [2.05, 4.69) is 0 Å². The summed E-state index contributed by atoms with van der Waals surface area (Å²) in [5, 5.41) is 0. The summed E-state index contributed by atoms with van der Waals surface area (Å²) in [6.45, 7) is 6.65. The fraction of sp³-hybridized carbons (Fsp3) is 0.562. The highest BCUT2D eigenvalue weighted by atomic mass is 16.7. The van der Waals surface area contributed by atoms with Gasteiger partial charge in [0, 0.05) is 0 Å². The van der Waals surface area contributed by atoms with Gasteiger partial charge in [0.1, 0.15) is 18.5 Å². The van der Waals surface area contributed by atoms with E-state index < -0.39 is 5.79 Å². The second kappa shape index (κ2) is 6.45. The maximum absolute atomic E-state index is 11.4. The van der Waals surface area contributed by atoms with Gasteiger partial charge in [0.2, 0.25) is 0 Å². The number of hydrogen-bond acceptors (Lipinski definition) is 5. The second-order valence-electron chi connectivity index (χ2n) is 5.55. The zero-order valence-electron chi connectivity index (χ0n) is 13.0. The molecule has 0 spiro atoms. The number of methoxy groups -OCH3 is 1. The molecule has 0 unspecified atom stereocenters. The first kappa shape index (κ1) is 15.8. The lowest BCUT2D eigenvalue weighted by Crippen LogP contribution is -2.25. The highest BCUT2D eigenvalue weighted by molar-refractivity contribution is 5.73. The van der Waals surface area contributed by atoms with E-state index >= 15 is 0 Å². The Morgan fingerprint density at radius 1 is 1.43 bits per heavy atom. The lowest BCUT2D eigenvalue weighted by atomic mass is 10.1. The SMILES string of the molecule is COC(=O)Cc1cccc(OC[C@@H]2COC(C)(C)O2)c1C. The lowest BCUT2D eigenvalue weighted by molar-refractivity contribution is -0.141. The minimum Gasteiger partial charge on any atom is -0.491 e. The summed E-state index contributed by atoms with van der Waals surface area (Å²) < 4.78 is 21.7. The van der Waals surface area contributed by atoms with E-state index in [0.29, 0.717) is 13.2 Å². The van der Waals surface area contributed by atoms with Gasteiger partial charge in [-0.1, -0.05) is 12.1 Å². The van der Waals surface area contributed by atoms with Crippen LogP contribution in [0.15, 0.2) is 18.2 Å². The molecule has 0 N–H and O–H groups in total. The van der Waals surface area contributed by atoms with Crippen molar-refractivity contribution in [1.29, 1.82) is 0 Å². The molecule has 0 bridgehead atoms. The van der Waals surface area contributed by atoms with Gasteiger partial charge in [0.05, 0.1) is 20.1 Å². The molecule has 0 aromatic heterocycles. The Labute approximate surface area is 125 Å². The summed E-state index contributed by atoms with van der Waals surface area (Å²) in [7, 11) is 1.39. The van der Waals surface area contributed by atoms with E-state index in [-0.39, 0.29) is 18.5 Å². The van der Waals surface area contributed by atoms with Gasteiger partial charge in [-0.15, -0.1) is 0 Å². The number of carbonyl (C=O) groups excluding carboxylic acids is 1. The monoisotopic (exact) mass is 294 g/mol. The van der Waals surface area contributed by atoms with Crippen LogP contribution in [0.2, 0.25) is 0 Å². The standard InChI is InChI=1S/C16H22O5/c1-11-12(8-15(17)18-4)6-5-7-14(11)19-9-13-10-20-16(2,3)21-13/h5-7,13H,8-10H2,1-4H3/t13-/m1/s1. The minimum absolute atomic E-state index is 0.0799. The van der Waals surface area contributed by atoms with Gasteiger partial charge < -0.3 is 18.9 Å². The molecule has 116 valence electrons. The first-order chi connectivity index (χ1) is 9.91. The molecule has 1 aliphatic heterocycles. The predicted octanol–water partition coefficient (Wildman–Crippen LogP) is 2.24. The smallest absolute Gasteiger partial charge is 0.309 e. The number of carbonyl (C=O) groups is 1. The Balaban J connectivity index is 1.97. The fourth-order valence-electron chi connectivity index (χ4n) is 2.26. The zero-order chi connectivity index (χ0) is 15.5. The number of esters is 1. The summed E-state index contributed by atoms with van der Waals surface area (Å²) in [6.07, 6.45) is 0.166. The van der Waals surface area contributed by atoms with Crippen molar-refractivity contribution < 1.29 is 23.7 Å². The molecule has 1 atom stereocenters. The van der Waals surface area contributed by atoms with Crippen LogP contribution in [-0.2, 0) is 25.4 Å². The highest BCUT2D eigenvalue weighted by Gasteiger charge is 2.33. The predicted molar refractivity (Wildman–Crippen MR) is 77.3 cm³/mol. The van der Waals surface area contributed by atoms with Crippen LogP contribution in [0.5, 0.6) is 5.75 Å². The first-order valence-electron chi connectivity index (χ1n) is 7.01. The van der Waals surface area contributed by atoms with E-state index in [1.54, 1.807) is 0 Å². The van der Waals surface area contributed by atoms with Gasteiger partial charge in [-0.05, 0) is 38.0 Å². The number of benzene rings is 1. The largest absolute Gasteiger partial charge is 0.491 e. The maximum Gasteiger partial charge on any atom is 0.309 e. The lowest BCUT2D eigenvalue weighted by Gasteiger charge is -2.18. The van der Waals surface area contributed by atoms with Crippen molar-refractivity contribution in [2.75, 3.05) is 20.3 Å². The average molecular weight is 294 g/mol. The van der Waals surface area contributed by atoms with Crippen LogP contribution in [0.4, 0.5) is 0 Å². The van der Waals surface area contributed by atoms with E-state index in [1.165, 1.54) is 7.11 Å². The van der Waals surface area contributed by atoms with Crippen molar-refractivity contribution in [3.8, 4) is 5.75 Å². The number of rotatable bonds is 5. The summed E-state index contributed by atoms with van der Waals surface area (Å²) in [5.74, 6) is -0.0512. The molecular weight excluding hydrogens is 272 g/mol. The molecule has 1 saturated heterocycles. The van der Waals surface area contributed by atoms with Gasteiger partial charge in [-0.25, -0.2) is 0 Å². The van der Waals surface area contributed by atoms with E-state index in [4.69, 9.17) is 18.9 Å². The molecule has 2 rings (SSSR count). The Morgan fingerprint density at radius 3 is 2.81 bits per heavy atom. The van der Waals surface area contributed by atoms with Gasteiger partial charge in [-0.2, -0.15) is 0 Å². The van der Waals surface area contributed by atoms with Crippen molar-refractivity contribution in [3.63, 3.8) is 0 Å². The highest BCUT2D eigenvalue weighted by Crippen LogP contribution is 2.25. The van der Waals surface area contributed by atoms with Gasteiger partial charge in [0.25, 0.3) is 0 Å². The minimum atomic E-state index is -0.546. The molecule has 1 aromatic carbocycles. The molecule has 1 aliphatic rings. The topological polar surface area (TPSA) is 54.0 Å². The van der Waals surface area contributed by atoms with Gasteiger partial charge in [-0.3, -0.25) is 4.79 Å². The maximum atomic E-state index is 11.4. The van der Waals surface area contributed by atoms with Crippen molar-refractivity contribution >= 4 is 5.97 Å². The molecule has 0 radical (unpaired) electrons. The Morgan fingerprint density at radius 2 is 2.19 bits per heavy atom. The van der Waals surface area contributed by atoms with E-state index in [9.17, 15) is 4.79 Å². The van der Waals surface area contributed by atoms with Crippen LogP contribution < -0.4 is 4.74 Å². The summed E-state index contributed by atoms with van der Waals surface area (Å²) in [6, 6.07) is 5.66. The van der Waals surface area contributed by atoms with E-state index in [1.807, 2.05) is 39.0 Å². The summed E-state index contributed by atoms with van der Waals surface area (Å²) >= 11 is 0. The summed E-state index contributed by atoms with van der Waals surface area (Å²) in [5.41, 5.74) is 1.85. The molecule has 0 aliphatic carbocycles. The Hall–Kier alpha value is -1.59. The molecular formula is C16H22O5. The van der Waals surface area contributed by atoms with Crippen LogP contribution in [0.3, 0.4) is 0 Å². The molecule has 1 aromatic rings. The number of hydrogen-bond donors (Lipinski definition) is 0. The average Bonchev–Trinajstić information content (AvgIpc) is 2.79. The van der Waals surface area contributed by atoms with Gasteiger partial charge in [0.15, 0.2) is 5.79 Å². The van der Waals surface area contributed by atoms with Crippen LogP contribution >= 0.6 is 0 Å². The first-order valence-corrected chi connectivity index (χ1v) is 7.01. The van der Waals surface area contributed by atoms with E-state index in [0.717, 1.165) is 16.9 Å². The quantitative estimate of drug-likeness (QED) is 0.780. The fourth-order valence-corrected chi connectivity index (χ4v) is 2.26. The van der Waals surface area contributed by atoms with Crippen molar-refractivity contribution in [2.45, 2.75) is 39.1 Å². The van der Waals surface area contributed by atoms with Crippen LogP contribution in [-0.4, -0.2) is 38.2 Å². The van der Waals surface area contributed by atoms with Crippen LogP contribution in [0, 0.1) is 6.92 Å². The van der Waals surface area contributed by atoms with Gasteiger partial charge >= 0.3 is 5.97 Å². The van der Waals surface area contributed by atoms with Crippen molar-refractivity contribution in [3.05, 3.63) is 29.3 Å². The van der Waals surface area contributed by atoms with Crippen LogP contribution in [0.1, 0.15) is 25.0 Å². The molecule has 1 fully saturated rings. The molecule has 21 heavy (non-hydrogen) atoms. The molecule has 5 nitrogen and oxygen atoms in total. The Kier molecular flexibility index (Phi) is 4.85. The summed E-state index contributed by atoms with van der Waals surface area (Å²) in [4.78, 5) is 11.4.